The summed E-state index contributed by atoms with van der Waals surface area (Å²) >= 11 is 1.66. The van der Waals surface area contributed by atoms with Gasteiger partial charge in [0.25, 0.3) is 0 Å². The molecule has 0 amide bonds. The molecular weight excluding hydrogens is 180 g/mol. The molecule has 0 aliphatic rings. The minimum Gasteiger partial charge on any atom is -0.376 e. The Morgan fingerprint density at radius 3 is 2.77 bits per heavy atom. The quantitative estimate of drug-likeness (QED) is 0.750. The molecule has 2 nitrogen and oxygen atoms in total. The van der Waals surface area contributed by atoms with Gasteiger partial charge in [0.15, 0.2) is 0 Å². The Kier molecular flexibility index (Phi) is 3.72. The first kappa shape index (κ1) is 10.5. The van der Waals surface area contributed by atoms with Crippen molar-refractivity contribution in [2.75, 3.05) is 11.9 Å². The van der Waals surface area contributed by atoms with E-state index in [-0.39, 0.29) is 0 Å². The number of anilines is 1. The summed E-state index contributed by atoms with van der Waals surface area (Å²) < 4.78 is 0. The first-order valence-electron chi connectivity index (χ1n) is 4.70. The van der Waals surface area contributed by atoms with Gasteiger partial charge in [-0.3, -0.25) is 4.98 Å². The molecule has 0 bridgehead atoms. The highest BCUT2D eigenvalue weighted by atomic mass is 32.1. The average molecular weight is 198 g/mol. The van der Waals surface area contributed by atoms with Crippen molar-refractivity contribution in [2.24, 2.45) is 5.41 Å². The van der Waals surface area contributed by atoms with Crippen molar-refractivity contribution in [1.29, 1.82) is 0 Å². The molecule has 0 aliphatic carbocycles. The highest BCUT2D eigenvalue weighted by molar-refractivity contribution is 7.13. The van der Waals surface area contributed by atoms with Crippen molar-refractivity contribution in [3.05, 3.63) is 11.7 Å². The van der Waals surface area contributed by atoms with Gasteiger partial charge in [-0.1, -0.05) is 20.8 Å². The smallest absolute Gasteiger partial charge is 0.108 e. The van der Waals surface area contributed by atoms with Crippen LogP contribution in [0, 0.1) is 5.41 Å². The van der Waals surface area contributed by atoms with Crippen LogP contribution in [0.1, 0.15) is 33.6 Å². The molecule has 1 rings (SSSR count). The van der Waals surface area contributed by atoms with E-state index in [1.807, 2.05) is 11.7 Å². The van der Waals surface area contributed by atoms with Crippen LogP contribution in [0.2, 0.25) is 0 Å². The summed E-state index contributed by atoms with van der Waals surface area (Å²) in [4.78, 5) is 4.01. The summed E-state index contributed by atoms with van der Waals surface area (Å²) in [5, 5.41) is 4.53. The van der Waals surface area contributed by atoms with Gasteiger partial charge >= 0.3 is 0 Å². The van der Waals surface area contributed by atoms with Gasteiger partial charge in [0, 0.05) is 6.54 Å². The number of hydrogen-bond acceptors (Lipinski definition) is 3. The highest BCUT2D eigenvalue weighted by Gasteiger charge is 2.08. The minimum absolute atomic E-state index is 0.454. The first-order chi connectivity index (χ1) is 6.08. The van der Waals surface area contributed by atoms with Crippen LogP contribution in [0.15, 0.2) is 11.7 Å². The Balaban J connectivity index is 2.09. The first-order valence-corrected chi connectivity index (χ1v) is 5.58. The van der Waals surface area contributed by atoms with E-state index in [0.717, 1.165) is 6.54 Å². The Labute approximate surface area is 84.4 Å². The molecular formula is C10H18N2S. The van der Waals surface area contributed by atoms with E-state index in [9.17, 15) is 0 Å². The lowest BCUT2D eigenvalue weighted by Gasteiger charge is -2.17. The Morgan fingerprint density at radius 2 is 2.23 bits per heavy atom. The molecule has 0 aliphatic heterocycles. The van der Waals surface area contributed by atoms with Crippen molar-refractivity contribution in [3.63, 3.8) is 0 Å². The van der Waals surface area contributed by atoms with E-state index in [1.165, 1.54) is 17.8 Å². The molecule has 0 atom stereocenters. The fourth-order valence-electron chi connectivity index (χ4n) is 1.13. The number of aromatic nitrogens is 1. The second kappa shape index (κ2) is 4.61. The zero-order valence-electron chi connectivity index (χ0n) is 8.63. The zero-order valence-corrected chi connectivity index (χ0v) is 9.45. The van der Waals surface area contributed by atoms with Crippen LogP contribution in [-0.2, 0) is 0 Å². The second-order valence-corrected chi connectivity index (χ2v) is 5.34. The molecule has 1 aromatic rings. The number of hydrogen-bond donors (Lipinski definition) is 1. The number of rotatable bonds is 4. The van der Waals surface area contributed by atoms with Gasteiger partial charge in [0.05, 0.1) is 11.7 Å². The molecule has 0 radical (unpaired) electrons. The van der Waals surface area contributed by atoms with Crippen LogP contribution in [0.3, 0.4) is 0 Å². The van der Waals surface area contributed by atoms with Crippen molar-refractivity contribution >= 4 is 16.3 Å². The zero-order chi connectivity index (χ0) is 9.73. The fraction of sp³-hybridized carbons (Fsp3) is 0.700. The van der Waals surface area contributed by atoms with Gasteiger partial charge in [-0.25, -0.2) is 0 Å². The Hall–Kier alpha value is -0.570. The molecule has 1 heterocycles. The van der Waals surface area contributed by atoms with Crippen molar-refractivity contribution in [3.8, 4) is 0 Å². The van der Waals surface area contributed by atoms with Crippen LogP contribution < -0.4 is 5.32 Å². The topological polar surface area (TPSA) is 24.9 Å². The molecule has 1 aromatic heterocycles. The van der Waals surface area contributed by atoms with E-state index in [2.05, 4.69) is 31.1 Å². The molecule has 0 fully saturated rings. The van der Waals surface area contributed by atoms with Crippen molar-refractivity contribution in [1.82, 2.24) is 4.98 Å². The van der Waals surface area contributed by atoms with E-state index < -0.39 is 0 Å². The molecule has 74 valence electrons. The second-order valence-electron chi connectivity index (χ2n) is 4.46. The average Bonchev–Trinajstić information content (AvgIpc) is 2.48. The van der Waals surface area contributed by atoms with Crippen LogP contribution in [0.5, 0.6) is 0 Å². The van der Waals surface area contributed by atoms with Gasteiger partial charge < -0.3 is 5.32 Å². The predicted molar refractivity (Wildman–Crippen MR) is 59.3 cm³/mol. The minimum atomic E-state index is 0.454. The van der Waals surface area contributed by atoms with Gasteiger partial charge in [-0.15, -0.1) is 11.3 Å². The van der Waals surface area contributed by atoms with Crippen LogP contribution in [0.4, 0.5) is 5.00 Å². The third-order valence-corrected chi connectivity index (χ3v) is 2.57. The van der Waals surface area contributed by atoms with E-state index in [1.54, 1.807) is 11.3 Å². The maximum absolute atomic E-state index is 4.01. The maximum Gasteiger partial charge on any atom is 0.108 e. The van der Waals surface area contributed by atoms with Crippen molar-refractivity contribution < 1.29 is 0 Å². The lowest BCUT2D eigenvalue weighted by atomic mass is 9.91. The largest absolute Gasteiger partial charge is 0.376 e. The molecule has 3 heteroatoms. The Bertz CT molecular complexity index is 224. The maximum atomic E-state index is 4.01. The third-order valence-electron chi connectivity index (χ3n) is 1.84. The summed E-state index contributed by atoms with van der Waals surface area (Å²) in [5.74, 6) is 0. The monoisotopic (exact) mass is 198 g/mol. The summed E-state index contributed by atoms with van der Waals surface area (Å²) in [6, 6.07) is 0. The summed E-state index contributed by atoms with van der Waals surface area (Å²) in [6.45, 7) is 7.89. The number of nitrogens with one attached hydrogen (secondary N) is 1. The van der Waals surface area contributed by atoms with Gasteiger partial charge in [-0.05, 0) is 18.3 Å². The SMILES string of the molecule is CC(C)(C)CCCNc1cncs1. The lowest BCUT2D eigenvalue weighted by molar-refractivity contribution is 0.370. The molecule has 0 saturated carbocycles. The number of thiazole rings is 1. The van der Waals surface area contributed by atoms with Gasteiger partial charge in [-0.2, -0.15) is 0 Å². The predicted octanol–water partition coefficient (Wildman–Crippen LogP) is 3.38. The standard InChI is InChI=1S/C10H18N2S/c1-10(2,3)5-4-6-12-9-7-11-8-13-9/h7-8,12H,4-6H2,1-3H3. The fourth-order valence-corrected chi connectivity index (χ4v) is 1.68. The van der Waals surface area contributed by atoms with E-state index in [4.69, 9.17) is 0 Å². The van der Waals surface area contributed by atoms with Gasteiger partial charge in [0.1, 0.15) is 5.00 Å². The summed E-state index contributed by atoms with van der Waals surface area (Å²) in [6.07, 6.45) is 4.36. The lowest BCUT2D eigenvalue weighted by Crippen LogP contribution is -2.08. The molecule has 0 unspecified atom stereocenters. The molecule has 0 saturated heterocycles. The number of nitrogens with zero attached hydrogens (tertiary/aromatic N) is 1. The van der Waals surface area contributed by atoms with Gasteiger partial charge in [0.2, 0.25) is 0 Å². The summed E-state index contributed by atoms with van der Waals surface area (Å²) in [5.41, 5.74) is 2.31. The molecule has 0 aromatic carbocycles. The van der Waals surface area contributed by atoms with Crippen LogP contribution in [0.25, 0.3) is 0 Å². The highest BCUT2D eigenvalue weighted by Crippen LogP contribution is 2.20. The Morgan fingerprint density at radius 1 is 1.46 bits per heavy atom. The van der Waals surface area contributed by atoms with E-state index >= 15 is 0 Å². The summed E-state index contributed by atoms with van der Waals surface area (Å²) in [7, 11) is 0. The molecule has 1 N–H and O–H groups in total. The normalized spacial score (nSPS) is 11.6. The van der Waals surface area contributed by atoms with Crippen LogP contribution >= 0.6 is 11.3 Å². The molecule has 0 spiro atoms. The molecule has 13 heavy (non-hydrogen) atoms. The van der Waals surface area contributed by atoms with Crippen LogP contribution in [-0.4, -0.2) is 11.5 Å². The van der Waals surface area contributed by atoms with E-state index in [0.29, 0.717) is 5.41 Å². The third kappa shape index (κ3) is 4.88. The van der Waals surface area contributed by atoms with Crippen molar-refractivity contribution in [2.45, 2.75) is 33.6 Å².